The van der Waals surface area contributed by atoms with Gasteiger partial charge in [0.15, 0.2) is 0 Å². The molecule has 1 aliphatic rings. The number of carbonyl (C=O) groups excluding carboxylic acids is 2. The summed E-state index contributed by atoms with van der Waals surface area (Å²) in [6.45, 7) is 0.448. The Morgan fingerprint density at radius 2 is 2.24 bits per heavy atom. The number of carboxylic acids is 1. The van der Waals surface area contributed by atoms with Gasteiger partial charge in [0.2, 0.25) is 0 Å². The topological polar surface area (TPSA) is 73.3 Å². The molecule has 1 saturated heterocycles. The minimum Gasteiger partial charge on any atom is -0.548 e. The maximum absolute atomic E-state index is 12.1. The number of hydrogen-bond donors (Lipinski definition) is 0. The fraction of sp³-hybridized carbons (Fsp3) is 0.364. The molecule has 1 unspecified atom stereocenters. The van der Waals surface area contributed by atoms with Crippen molar-refractivity contribution >= 4 is 27.8 Å². The van der Waals surface area contributed by atoms with Crippen LogP contribution >= 0.6 is 15.9 Å². The van der Waals surface area contributed by atoms with Crippen LogP contribution in [0.4, 0.5) is 0 Å². The van der Waals surface area contributed by atoms with Crippen LogP contribution < -0.4 is 5.11 Å². The molecule has 0 N–H and O–H groups in total. The first-order valence-electron chi connectivity index (χ1n) is 5.22. The molecule has 2 heterocycles. The number of amides is 1. The zero-order valence-corrected chi connectivity index (χ0v) is 10.5. The first kappa shape index (κ1) is 12.0. The molecule has 17 heavy (non-hydrogen) atoms. The van der Waals surface area contributed by atoms with E-state index >= 15 is 0 Å². The minimum atomic E-state index is -1.20. The molecule has 1 atom stereocenters. The van der Waals surface area contributed by atoms with Crippen LogP contribution in [0.2, 0.25) is 0 Å². The number of hydrogen-bond acceptors (Lipinski definition) is 4. The molecule has 90 valence electrons. The fourth-order valence-corrected chi connectivity index (χ4v) is 2.31. The van der Waals surface area contributed by atoms with E-state index in [9.17, 15) is 14.7 Å². The summed E-state index contributed by atoms with van der Waals surface area (Å²) in [4.78, 5) is 28.2. The lowest BCUT2D eigenvalue weighted by Crippen LogP contribution is -2.47. The van der Waals surface area contributed by atoms with Gasteiger partial charge in [-0.05, 0) is 34.8 Å². The van der Waals surface area contributed by atoms with Gasteiger partial charge in [0, 0.05) is 23.4 Å². The van der Waals surface area contributed by atoms with Crippen LogP contribution in [0.1, 0.15) is 23.2 Å². The van der Waals surface area contributed by atoms with Crippen molar-refractivity contribution in [3.63, 3.8) is 0 Å². The van der Waals surface area contributed by atoms with E-state index in [-0.39, 0.29) is 5.91 Å². The number of halogens is 1. The highest BCUT2D eigenvalue weighted by Crippen LogP contribution is 2.20. The van der Waals surface area contributed by atoms with Crippen molar-refractivity contribution < 1.29 is 14.7 Å². The third-order valence-electron chi connectivity index (χ3n) is 2.74. The lowest BCUT2D eigenvalue weighted by molar-refractivity contribution is -0.310. The summed E-state index contributed by atoms with van der Waals surface area (Å²) in [5.41, 5.74) is 0.382. The molecule has 5 nitrogen and oxygen atoms in total. The Labute approximate surface area is 107 Å². The predicted octanol–water partition coefficient (Wildman–Crippen LogP) is 0.199. The molecular weight excluding hydrogens is 288 g/mol. The Kier molecular flexibility index (Phi) is 3.42. The summed E-state index contributed by atoms with van der Waals surface area (Å²) in [7, 11) is 0. The van der Waals surface area contributed by atoms with Gasteiger partial charge in [0.05, 0.1) is 17.6 Å². The number of aliphatic carboxylic acids is 1. The normalized spacial score (nSPS) is 19.4. The molecular formula is C11H10BrN2O3-. The van der Waals surface area contributed by atoms with Crippen LogP contribution in [0.25, 0.3) is 0 Å². The van der Waals surface area contributed by atoms with E-state index in [0.717, 1.165) is 0 Å². The van der Waals surface area contributed by atoms with Crippen LogP contribution in [0.15, 0.2) is 22.9 Å². The van der Waals surface area contributed by atoms with E-state index in [1.54, 1.807) is 12.3 Å². The van der Waals surface area contributed by atoms with Crippen molar-refractivity contribution in [3.8, 4) is 0 Å². The Morgan fingerprint density at radius 1 is 1.47 bits per heavy atom. The molecule has 1 aromatic heterocycles. The van der Waals surface area contributed by atoms with E-state index in [1.807, 2.05) is 0 Å². The average Bonchev–Trinajstić information content (AvgIpc) is 2.77. The summed E-state index contributed by atoms with van der Waals surface area (Å²) in [6.07, 6.45) is 4.13. The summed E-state index contributed by atoms with van der Waals surface area (Å²) in [6, 6.07) is 0.807. The molecule has 1 amide bonds. The van der Waals surface area contributed by atoms with Gasteiger partial charge in [-0.25, -0.2) is 0 Å². The van der Waals surface area contributed by atoms with Crippen molar-refractivity contribution in [1.82, 2.24) is 9.88 Å². The summed E-state index contributed by atoms with van der Waals surface area (Å²) in [5.74, 6) is -1.51. The average molecular weight is 298 g/mol. The largest absolute Gasteiger partial charge is 0.548 e. The molecule has 1 aliphatic heterocycles. The zero-order valence-electron chi connectivity index (χ0n) is 8.93. The van der Waals surface area contributed by atoms with Crippen molar-refractivity contribution in [1.29, 1.82) is 0 Å². The van der Waals surface area contributed by atoms with Crippen molar-refractivity contribution in [3.05, 3.63) is 28.5 Å². The number of likely N-dealkylation sites (tertiary alicyclic amines) is 1. The first-order chi connectivity index (χ1) is 8.09. The van der Waals surface area contributed by atoms with Gasteiger partial charge in [0.25, 0.3) is 5.91 Å². The highest BCUT2D eigenvalue weighted by atomic mass is 79.9. The molecule has 0 aliphatic carbocycles. The van der Waals surface area contributed by atoms with Gasteiger partial charge in [-0.1, -0.05) is 0 Å². The molecule has 2 rings (SSSR count). The van der Waals surface area contributed by atoms with Gasteiger partial charge in [0.1, 0.15) is 0 Å². The van der Waals surface area contributed by atoms with Crippen LogP contribution in [0.3, 0.4) is 0 Å². The lowest BCUT2D eigenvalue weighted by atomic mass is 10.2. The first-order valence-corrected chi connectivity index (χ1v) is 6.01. The molecule has 0 saturated carbocycles. The summed E-state index contributed by atoms with van der Waals surface area (Å²) in [5, 5.41) is 10.9. The molecule has 0 spiro atoms. The van der Waals surface area contributed by atoms with E-state index in [0.29, 0.717) is 29.4 Å². The molecule has 0 radical (unpaired) electrons. The van der Waals surface area contributed by atoms with Crippen LogP contribution in [0, 0.1) is 0 Å². The van der Waals surface area contributed by atoms with Gasteiger partial charge in [-0.2, -0.15) is 0 Å². The monoisotopic (exact) mass is 297 g/mol. The summed E-state index contributed by atoms with van der Waals surface area (Å²) >= 11 is 3.22. The molecule has 1 fully saturated rings. The molecule has 0 bridgehead atoms. The third kappa shape index (κ3) is 2.46. The van der Waals surface area contributed by atoms with Crippen molar-refractivity contribution in [2.75, 3.05) is 6.54 Å². The van der Waals surface area contributed by atoms with Crippen molar-refractivity contribution in [2.24, 2.45) is 0 Å². The number of pyridine rings is 1. The quantitative estimate of drug-likeness (QED) is 0.782. The Morgan fingerprint density at radius 3 is 2.88 bits per heavy atom. The standard InChI is InChI=1S/C11H11BrN2O3/c12-8-4-7(5-13-6-8)10(15)14-3-1-2-9(14)11(16)17/h4-6,9H,1-3H2,(H,16,17)/p-1. The van der Waals surface area contributed by atoms with Gasteiger partial charge in [-0.15, -0.1) is 0 Å². The number of carboxylic acid groups (broad SMARTS) is 1. The van der Waals surface area contributed by atoms with E-state index in [1.165, 1.54) is 11.1 Å². The van der Waals surface area contributed by atoms with Crippen LogP contribution in [-0.4, -0.2) is 34.3 Å². The lowest BCUT2D eigenvalue weighted by Gasteiger charge is -2.25. The smallest absolute Gasteiger partial charge is 0.256 e. The van der Waals surface area contributed by atoms with E-state index in [4.69, 9.17) is 0 Å². The van der Waals surface area contributed by atoms with Crippen LogP contribution in [0.5, 0.6) is 0 Å². The maximum Gasteiger partial charge on any atom is 0.256 e. The second kappa shape index (κ2) is 4.83. The Bertz CT molecular complexity index is 464. The number of nitrogens with zero attached hydrogens (tertiary/aromatic N) is 2. The number of rotatable bonds is 2. The van der Waals surface area contributed by atoms with E-state index < -0.39 is 12.0 Å². The summed E-state index contributed by atoms with van der Waals surface area (Å²) < 4.78 is 0.688. The molecule has 6 heteroatoms. The number of carbonyl (C=O) groups is 2. The molecule has 0 aromatic carbocycles. The van der Waals surface area contributed by atoms with Crippen molar-refractivity contribution in [2.45, 2.75) is 18.9 Å². The highest BCUT2D eigenvalue weighted by molar-refractivity contribution is 9.10. The predicted molar refractivity (Wildman–Crippen MR) is 61.0 cm³/mol. The zero-order chi connectivity index (χ0) is 12.4. The maximum atomic E-state index is 12.1. The van der Waals surface area contributed by atoms with Gasteiger partial charge >= 0.3 is 0 Å². The molecule has 1 aromatic rings. The van der Waals surface area contributed by atoms with Gasteiger partial charge < -0.3 is 14.8 Å². The minimum absolute atomic E-state index is 0.314. The SMILES string of the molecule is O=C([O-])C1CCCN1C(=O)c1cncc(Br)c1. The highest BCUT2D eigenvalue weighted by Gasteiger charge is 2.30. The van der Waals surface area contributed by atoms with E-state index in [2.05, 4.69) is 20.9 Å². The second-order valence-electron chi connectivity index (χ2n) is 3.87. The Balaban J connectivity index is 2.23. The number of aromatic nitrogens is 1. The fourth-order valence-electron chi connectivity index (χ4n) is 1.95. The third-order valence-corrected chi connectivity index (χ3v) is 3.17. The van der Waals surface area contributed by atoms with Crippen LogP contribution in [-0.2, 0) is 4.79 Å². The van der Waals surface area contributed by atoms with Gasteiger partial charge in [-0.3, -0.25) is 9.78 Å². The Hall–Kier alpha value is -1.43. The second-order valence-corrected chi connectivity index (χ2v) is 4.78.